The first-order valence-corrected chi connectivity index (χ1v) is 9.92. The van der Waals surface area contributed by atoms with E-state index < -0.39 is 17.0 Å². The predicted molar refractivity (Wildman–Crippen MR) is 94.9 cm³/mol. The van der Waals surface area contributed by atoms with Crippen molar-refractivity contribution in [3.63, 3.8) is 0 Å². The smallest absolute Gasteiger partial charge is 0.349 e. The number of esters is 1. The number of nitrogens with one attached hydrogen (secondary N) is 1. The fraction of sp³-hybridized carbons (Fsp3) is 0.667. The summed E-state index contributed by atoms with van der Waals surface area (Å²) in [7, 11) is 0. The Hall–Kier alpha value is -1.96. The van der Waals surface area contributed by atoms with Crippen LogP contribution in [0.15, 0.2) is 12.1 Å². The summed E-state index contributed by atoms with van der Waals surface area (Å²) in [5, 5.41) is 13.8. The molecule has 7 nitrogen and oxygen atoms in total. The largest absolute Gasteiger partial charge is 0.448 e. The molecule has 0 saturated heterocycles. The van der Waals surface area contributed by atoms with E-state index in [9.17, 15) is 19.7 Å². The van der Waals surface area contributed by atoms with Crippen molar-refractivity contribution in [2.75, 3.05) is 0 Å². The molecule has 0 spiro atoms. The van der Waals surface area contributed by atoms with E-state index in [4.69, 9.17) is 4.74 Å². The summed E-state index contributed by atoms with van der Waals surface area (Å²) in [6, 6.07) is 2.62. The van der Waals surface area contributed by atoms with Crippen LogP contribution < -0.4 is 5.32 Å². The van der Waals surface area contributed by atoms with Crippen molar-refractivity contribution < 1.29 is 19.2 Å². The van der Waals surface area contributed by atoms with Gasteiger partial charge in [-0.05, 0) is 69.3 Å². The highest BCUT2D eigenvalue weighted by atomic mass is 32.1. The van der Waals surface area contributed by atoms with E-state index in [-0.39, 0.29) is 21.3 Å². The van der Waals surface area contributed by atoms with Gasteiger partial charge in [0.25, 0.3) is 5.91 Å². The quantitative estimate of drug-likeness (QED) is 0.482. The molecule has 0 aliphatic heterocycles. The maximum absolute atomic E-state index is 12.6. The molecule has 4 bridgehead atoms. The van der Waals surface area contributed by atoms with E-state index in [1.54, 1.807) is 6.92 Å². The number of amides is 1. The van der Waals surface area contributed by atoms with Crippen molar-refractivity contribution in [1.29, 1.82) is 0 Å². The zero-order valence-electron chi connectivity index (χ0n) is 14.6. The predicted octanol–water partition coefficient (Wildman–Crippen LogP) is 3.29. The molecule has 0 unspecified atom stereocenters. The molecule has 5 rings (SSSR count). The molecule has 1 atom stereocenters. The maximum atomic E-state index is 12.6. The van der Waals surface area contributed by atoms with Crippen LogP contribution in [0.5, 0.6) is 0 Å². The number of hydrogen-bond donors (Lipinski definition) is 1. The minimum absolute atomic E-state index is 0.123. The van der Waals surface area contributed by atoms with Gasteiger partial charge in [-0.15, -0.1) is 0 Å². The van der Waals surface area contributed by atoms with Crippen LogP contribution in [-0.2, 0) is 9.53 Å². The van der Waals surface area contributed by atoms with E-state index in [1.807, 2.05) is 0 Å². The Labute approximate surface area is 155 Å². The van der Waals surface area contributed by atoms with Gasteiger partial charge < -0.3 is 10.1 Å². The van der Waals surface area contributed by atoms with Gasteiger partial charge in [0, 0.05) is 11.6 Å². The second-order valence-electron chi connectivity index (χ2n) is 8.13. The van der Waals surface area contributed by atoms with Crippen LogP contribution in [0.3, 0.4) is 0 Å². The number of nitro groups is 1. The number of thiophene rings is 1. The average Bonchev–Trinajstić information content (AvgIpc) is 3.03. The number of nitrogens with zero attached hydrogens (tertiary/aromatic N) is 1. The van der Waals surface area contributed by atoms with Crippen molar-refractivity contribution >= 4 is 28.2 Å². The number of ether oxygens (including phenoxy) is 1. The number of carbonyl (C=O) groups is 2. The van der Waals surface area contributed by atoms with Crippen molar-refractivity contribution in [3.8, 4) is 0 Å². The van der Waals surface area contributed by atoms with Crippen LogP contribution in [-0.4, -0.2) is 28.4 Å². The highest BCUT2D eigenvalue weighted by molar-refractivity contribution is 7.17. The first-order chi connectivity index (χ1) is 12.3. The Morgan fingerprint density at radius 3 is 2.31 bits per heavy atom. The summed E-state index contributed by atoms with van der Waals surface area (Å²) in [5.41, 5.74) is -0.131. The summed E-state index contributed by atoms with van der Waals surface area (Å²) in [4.78, 5) is 35.1. The standard InChI is InChI=1S/C18H22N2O5S/c1-10(25-17(22)14-2-3-15(26-14)20(23)24)16(21)19-18-7-11-4-12(8-18)6-13(5-11)9-18/h2-3,10-13H,4-9H2,1H3,(H,19,21)/t10-,11?,12?,13?,18?/m1/s1. The van der Waals surface area contributed by atoms with Gasteiger partial charge in [-0.3, -0.25) is 14.9 Å². The van der Waals surface area contributed by atoms with Gasteiger partial charge in [-0.2, -0.15) is 0 Å². The summed E-state index contributed by atoms with van der Waals surface area (Å²) in [6.07, 6.45) is 6.04. The second-order valence-corrected chi connectivity index (χ2v) is 9.19. The Morgan fingerprint density at radius 1 is 1.23 bits per heavy atom. The molecule has 4 fully saturated rings. The summed E-state index contributed by atoms with van der Waals surface area (Å²) >= 11 is 0.752. The molecule has 140 valence electrons. The Bertz CT molecular complexity index is 723. The highest BCUT2D eigenvalue weighted by Gasteiger charge is 2.51. The van der Waals surface area contributed by atoms with Gasteiger partial charge in [-0.1, -0.05) is 11.3 Å². The lowest BCUT2D eigenvalue weighted by molar-refractivity contribution is -0.380. The van der Waals surface area contributed by atoms with E-state index >= 15 is 0 Å². The van der Waals surface area contributed by atoms with E-state index in [1.165, 1.54) is 31.4 Å². The lowest BCUT2D eigenvalue weighted by atomic mass is 9.53. The molecule has 1 heterocycles. The van der Waals surface area contributed by atoms with Crippen LogP contribution in [0.4, 0.5) is 5.00 Å². The topological polar surface area (TPSA) is 98.5 Å². The third kappa shape index (κ3) is 3.22. The van der Waals surface area contributed by atoms with Crippen molar-refractivity contribution in [2.24, 2.45) is 17.8 Å². The van der Waals surface area contributed by atoms with E-state index in [0.29, 0.717) is 17.8 Å². The Kier molecular flexibility index (Phi) is 4.25. The Morgan fingerprint density at radius 2 is 1.81 bits per heavy atom. The van der Waals surface area contributed by atoms with Crippen LogP contribution in [0.25, 0.3) is 0 Å². The lowest BCUT2D eigenvalue weighted by Crippen LogP contribution is -2.61. The first-order valence-electron chi connectivity index (χ1n) is 9.11. The van der Waals surface area contributed by atoms with E-state index in [0.717, 1.165) is 30.6 Å². The summed E-state index contributed by atoms with van der Waals surface area (Å²) < 4.78 is 5.24. The average molecular weight is 378 g/mol. The SMILES string of the molecule is C[C@@H](OC(=O)c1ccc([N+](=O)[O-])s1)C(=O)NC12CC3CC(CC(C3)C1)C2. The third-order valence-electron chi connectivity index (χ3n) is 6.05. The molecule has 4 saturated carbocycles. The zero-order chi connectivity index (χ0) is 18.5. The van der Waals surface area contributed by atoms with Crippen molar-refractivity contribution in [3.05, 3.63) is 27.1 Å². The minimum atomic E-state index is -0.920. The van der Waals surface area contributed by atoms with Crippen LogP contribution in [0.1, 0.15) is 55.1 Å². The minimum Gasteiger partial charge on any atom is -0.448 e. The monoisotopic (exact) mass is 378 g/mol. The van der Waals surface area contributed by atoms with Gasteiger partial charge in [0.05, 0.1) is 4.92 Å². The van der Waals surface area contributed by atoms with Crippen LogP contribution >= 0.6 is 11.3 Å². The van der Waals surface area contributed by atoms with Crippen molar-refractivity contribution in [2.45, 2.75) is 57.1 Å². The van der Waals surface area contributed by atoms with Crippen LogP contribution in [0, 0.1) is 27.9 Å². The zero-order valence-corrected chi connectivity index (χ0v) is 15.4. The third-order valence-corrected chi connectivity index (χ3v) is 7.07. The lowest BCUT2D eigenvalue weighted by Gasteiger charge is -2.57. The number of rotatable bonds is 5. The molecule has 4 aliphatic carbocycles. The van der Waals surface area contributed by atoms with E-state index in [2.05, 4.69) is 5.32 Å². The highest BCUT2D eigenvalue weighted by Crippen LogP contribution is 2.55. The first kappa shape index (κ1) is 17.5. The van der Waals surface area contributed by atoms with Gasteiger partial charge in [-0.25, -0.2) is 4.79 Å². The van der Waals surface area contributed by atoms with Crippen LogP contribution in [0.2, 0.25) is 0 Å². The summed E-state index contributed by atoms with van der Waals surface area (Å²) in [6.45, 7) is 1.55. The molecule has 0 aromatic carbocycles. The fourth-order valence-electron chi connectivity index (χ4n) is 5.43. The fourth-order valence-corrected chi connectivity index (χ4v) is 6.14. The molecule has 4 aliphatic rings. The summed E-state index contributed by atoms with van der Waals surface area (Å²) in [5.74, 6) is 1.17. The second kappa shape index (κ2) is 6.33. The molecule has 1 aromatic heterocycles. The molecule has 1 aromatic rings. The normalized spacial score (nSPS) is 32.9. The maximum Gasteiger partial charge on any atom is 0.349 e. The molecule has 1 amide bonds. The molecule has 8 heteroatoms. The van der Waals surface area contributed by atoms with Gasteiger partial charge in [0.15, 0.2) is 6.10 Å². The van der Waals surface area contributed by atoms with Gasteiger partial charge >= 0.3 is 11.0 Å². The molecular weight excluding hydrogens is 356 g/mol. The molecule has 0 radical (unpaired) electrons. The van der Waals surface area contributed by atoms with Gasteiger partial charge in [0.1, 0.15) is 4.88 Å². The van der Waals surface area contributed by atoms with Gasteiger partial charge in [0.2, 0.25) is 0 Å². The molecule has 1 N–H and O–H groups in total. The number of hydrogen-bond acceptors (Lipinski definition) is 6. The number of carbonyl (C=O) groups excluding carboxylic acids is 2. The molecular formula is C18H22N2O5S. The molecule has 26 heavy (non-hydrogen) atoms. The van der Waals surface area contributed by atoms with Crippen molar-refractivity contribution in [1.82, 2.24) is 5.32 Å². The Balaban J connectivity index is 1.37.